The molecule has 1 aliphatic rings. The second-order valence-electron chi connectivity index (χ2n) is 5.80. The molecule has 0 aromatic heterocycles. The van der Waals surface area contributed by atoms with Crippen LogP contribution in [0.5, 0.6) is 28.7 Å². The van der Waals surface area contributed by atoms with E-state index in [9.17, 15) is 20.1 Å². The van der Waals surface area contributed by atoms with E-state index in [1.807, 2.05) is 0 Å². The number of benzene rings is 2. The van der Waals surface area contributed by atoms with E-state index in [4.69, 9.17) is 9.47 Å². The fourth-order valence-electron chi connectivity index (χ4n) is 2.99. The average molecular weight is 330 g/mol. The van der Waals surface area contributed by atoms with Crippen molar-refractivity contribution < 1.29 is 29.6 Å². The third-order valence-electron chi connectivity index (χ3n) is 4.44. The van der Waals surface area contributed by atoms with Crippen molar-refractivity contribution in [2.75, 3.05) is 13.7 Å². The first-order valence-electron chi connectivity index (χ1n) is 7.45. The highest BCUT2D eigenvalue weighted by Crippen LogP contribution is 2.47. The van der Waals surface area contributed by atoms with Gasteiger partial charge in [-0.2, -0.15) is 0 Å². The van der Waals surface area contributed by atoms with Gasteiger partial charge in [0.05, 0.1) is 13.0 Å². The number of carbonyl (C=O) groups is 1. The number of rotatable bonds is 2. The first kappa shape index (κ1) is 16.0. The first-order valence-corrected chi connectivity index (χ1v) is 7.45. The first-order chi connectivity index (χ1) is 11.4. The number of ketones is 1. The Bertz CT molecular complexity index is 840. The monoisotopic (exact) mass is 330 g/mol. The molecule has 0 saturated carbocycles. The number of phenolic OH excluding ortho intramolecular Hbond substituents is 3. The van der Waals surface area contributed by atoms with Crippen LogP contribution in [0.15, 0.2) is 18.2 Å². The largest absolute Gasteiger partial charge is 0.508 e. The van der Waals surface area contributed by atoms with Crippen LogP contribution in [0, 0.1) is 13.8 Å². The molecule has 0 amide bonds. The lowest BCUT2D eigenvalue weighted by atomic mass is 9.86. The van der Waals surface area contributed by atoms with Crippen molar-refractivity contribution in [2.45, 2.75) is 19.8 Å². The van der Waals surface area contributed by atoms with Gasteiger partial charge in [-0.15, -0.1) is 0 Å². The molecular weight excluding hydrogens is 312 g/mol. The number of hydrogen-bond acceptors (Lipinski definition) is 6. The van der Waals surface area contributed by atoms with Crippen molar-refractivity contribution >= 4 is 5.78 Å². The maximum Gasteiger partial charge on any atom is 0.181 e. The van der Waals surface area contributed by atoms with Gasteiger partial charge >= 0.3 is 0 Å². The van der Waals surface area contributed by atoms with Gasteiger partial charge in [-0.3, -0.25) is 4.79 Å². The van der Waals surface area contributed by atoms with Gasteiger partial charge < -0.3 is 24.8 Å². The van der Waals surface area contributed by atoms with Gasteiger partial charge in [0.2, 0.25) is 0 Å². The lowest BCUT2D eigenvalue weighted by Crippen LogP contribution is -2.27. The molecule has 1 heterocycles. The van der Waals surface area contributed by atoms with Crippen LogP contribution in [0.1, 0.15) is 33.0 Å². The van der Waals surface area contributed by atoms with E-state index in [0.29, 0.717) is 16.9 Å². The Morgan fingerprint density at radius 3 is 2.46 bits per heavy atom. The Balaban J connectivity index is 2.11. The third kappa shape index (κ3) is 2.22. The third-order valence-corrected chi connectivity index (χ3v) is 4.44. The summed E-state index contributed by atoms with van der Waals surface area (Å²) in [6.45, 7) is 3.16. The molecule has 0 radical (unpaired) electrons. The molecule has 0 aliphatic carbocycles. The second-order valence-corrected chi connectivity index (χ2v) is 5.80. The van der Waals surface area contributed by atoms with Gasteiger partial charge in [-0.25, -0.2) is 0 Å². The SMILES string of the molecule is COc1ccc(C2COc3c(C)c(O)c(C)c(O)c3C2=O)c(O)c1. The molecule has 126 valence electrons. The van der Waals surface area contributed by atoms with E-state index >= 15 is 0 Å². The molecule has 24 heavy (non-hydrogen) atoms. The van der Waals surface area contributed by atoms with Crippen LogP contribution >= 0.6 is 0 Å². The number of Topliss-reactive ketones (excluding diaryl/α,β-unsaturated/α-hetero) is 1. The highest BCUT2D eigenvalue weighted by Gasteiger charge is 2.36. The Morgan fingerprint density at radius 1 is 1.12 bits per heavy atom. The summed E-state index contributed by atoms with van der Waals surface area (Å²) in [6, 6.07) is 4.67. The van der Waals surface area contributed by atoms with Crippen molar-refractivity contribution in [3.05, 3.63) is 40.5 Å². The van der Waals surface area contributed by atoms with Crippen LogP contribution in [0.4, 0.5) is 0 Å². The summed E-state index contributed by atoms with van der Waals surface area (Å²) >= 11 is 0. The zero-order valence-corrected chi connectivity index (χ0v) is 13.6. The Morgan fingerprint density at radius 2 is 1.83 bits per heavy atom. The molecule has 1 atom stereocenters. The van der Waals surface area contributed by atoms with Gasteiger partial charge in [-0.05, 0) is 19.9 Å². The predicted octanol–water partition coefficient (Wildman–Crippen LogP) is 2.79. The number of aromatic hydroxyl groups is 3. The lowest BCUT2D eigenvalue weighted by molar-refractivity contribution is 0.0888. The molecule has 0 fully saturated rings. The quantitative estimate of drug-likeness (QED) is 0.783. The molecule has 0 spiro atoms. The summed E-state index contributed by atoms with van der Waals surface area (Å²) in [5.74, 6) is -0.921. The maximum atomic E-state index is 12.9. The van der Waals surface area contributed by atoms with Gasteiger partial charge in [0.1, 0.15) is 40.9 Å². The van der Waals surface area contributed by atoms with Gasteiger partial charge in [0.15, 0.2) is 5.78 Å². The van der Waals surface area contributed by atoms with Crippen LogP contribution in [0.2, 0.25) is 0 Å². The summed E-state index contributed by atoms with van der Waals surface area (Å²) in [7, 11) is 1.48. The molecule has 3 rings (SSSR count). The summed E-state index contributed by atoms with van der Waals surface area (Å²) in [4.78, 5) is 12.9. The minimum absolute atomic E-state index is 0.00844. The van der Waals surface area contributed by atoms with Crippen LogP contribution in [0.25, 0.3) is 0 Å². The fraction of sp³-hybridized carbons (Fsp3) is 0.278. The topological polar surface area (TPSA) is 96.2 Å². The molecule has 0 saturated heterocycles. The molecule has 2 aromatic rings. The fourth-order valence-corrected chi connectivity index (χ4v) is 2.99. The van der Waals surface area contributed by atoms with Crippen molar-refractivity contribution in [3.63, 3.8) is 0 Å². The number of hydrogen-bond donors (Lipinski definition) is 3. The molecule has 3 N–H and O–H groups in total. The predicted molar refractivity (Wildman–Crippen MR) is 86.5 cm³/mol. The average Bonchev–Trinajstić information content (AvgIpc) is 2.58. The molecule has 6 heteroatoms. The number of methoxy groups -OCH3 is 1. The van der Waals surface area contributed by atoms with Crippen LogP contribution in [-0.2, 0) is 0 Å². The smallest absolute Gasteiger partial charge is 0.181 e. The van der Waals surface area contributed by atoms with Gasteiger partial charge in [0.25, 0.3) is 0 Å². The van der Waals surface area contributed by atoms with Gasteiger partial charge in [0, 0.05) is 22.8 Å². The summed E-state index contributed by atoms with van der Waals surface area (Å²) in [5.41, 5.74) is 1.07. The lowest BCUT2D eigenvalue weighted by Gasteiger charge is -2.28. The van der Waals surface area contributed by atoms with Crippen LogP contribution in [-0.4, -0.2) is 34.8 Å². The highest BCUT2D eigenvalue weighted by molar-refractivity contribution is 6.07. The number of fused-ring (bicyclic) bond motifs is 1. The highest BCUT2D eigenvalue weighted by atomic mass is 16.5. The van der Waals surface area contributed by atoms with Crippen molar-refractivity contribution in [3.8, 4) is 28.7 Å². The Kier molecular flexibility index (Phi) is 3.75. The molecule has 1 unspecified atom stereocenters. The number of phenols is 3. The van der Waals surface area contributed by atoms with E-state index in [0.717, 1.165) is 0 Å². The maximum absolute atomic E-state index is 12.9. The Labute approximate surface area is 138 Å². The van der Waals surface area contributed by atoms with Crippen molar-refractivity contribution in [2.24, 2.45) is 0 Å². The van der Waals surface area contributed by atoms with Gasteiger partial charge in [-0.1, -0.05) is 6.07 Å². The second kappa shape index (κ2) is 5.63. The standard InChI is InChI=1S/C18H18O6/c1-8-15(20)9(2)18-14(16(8)21)17(22)12(7-24-18)11-5-4-10(23-3)6-13(11)19/h4-6,12,19-21H,7H2,1-3H3. The number of ether oxygens (including phenoxy) is 2. The molecule has 6 nitrogen and oxygen atoms in total. The van der Waals surface area contributed by atoms with E-state index in [2.05, 4.69) is 0 Å². The molecular formula is C18H18O6. The van der Waals surface area contributed by atoms with E-state index < -0.39 is 5.92 Å². The van der Waals surface area contributed by atoms with Crippen LogP contribution < -0.4 is 9.47 Å². The van der Waals surface area contributed by atoms with Crippen molar-refractivity contribution in [1.29, 1.82) is 0 Å². The number of carbonyl (C=O) groups excluding carboxylic acids is 1. The molecule has 1 aliphatic heterocycles. The summed E-state index contributed by atoms with van der Waals surface area (Å²) < 4.78 is 10.7. The minimum atomic E-state index is -0.752. The summed E-state index contributed by atoms with van der Waals surface area (Å²) in [5, 5.41) is 30.5. The zero-order chi connectivity index (χ0) is 17.6. The summed E-state index contributed by atoms with van der Waals surface area (Å²) in [6.07, 6.45) is 0. The zero-order valence-electron chi connectivity index (χ0n) is 13.6. The van der Waals surface area contributed by atoms with E-state index in [-0.39, 0.29) is 46.5 Å². The van der Waals surface area contributed by atoms with E-state index in [1.165, 1.54) is 20.1 Å². The molecule has 0 bridgehead atoms. The van der Waals surface area contributed by atoms with E-state index in [1.54, 1.807) is 19.1 Å². The normalized spacial score (nSPS) is 16.5. The molecule has 2 aromatic carbocycles. The van der Waals surface area contributed by atoms with Crippen LogP contribution in [0.3, 0.4) is 0 Å². The Hall–Kier alpha value is -2.89. The minimum Gasteiger partial charge on any atom is -0.508 e. The van der Waals surface area contributed by atoms with Crippen molar-refractivity contribution in [1.82, 2.24) is 0 Å².